The fourth-order valence-electron chi connectivity index (χ4n) is 0.834. The lowest BCUT2D eigenvalue weighted by molar-refractivity contribution is -0.00787. The molecule has 0 spiro atoms. The molecule has 1 aromatic rings. The van der Waals surface area contributed by atoms with E-state index in [2.05, 4.69) is 10.1 Å². The summed E-state index contributed by atoms with van der Waals surface area (Å²) in [6.45, 7) is 5.50. The molecule has 1 aromatic heterocycles. The molecule has 15 heavy (non-hydrogen) atoms. The molecule has 0 bridgehead atoms. The van der Waals surface area contributed by atoms with E-state index in [-0.39, 0.29) is 18.3 Å². The van der Waals surface area contributed by atoms with Gasteiger partial charge in [0.15, 0.2) is 0 Å². The molecule has 0 radical (unpaired) electrons. The molecule has 0 fully saturated rings. The number of hydrogen-bond donors (Lipinski definition) is 0. The summed E-state index contributed by atoms with van der Waals surface area (Å²) in [5.74, 6) is -0.440. The minimum atomic E-state index is -0.711. The van der Waals surface area contributed by atoms with Gasteiger partial charge in [0.2, 0.25) is 0 Å². The highest BCUT2D eigenvalue weighted by molar-refractivity contribution is 5.84. The van der Waals surface area contributed by atoms with Gasteiger partial charge in [-0.15, -0.1) is 0 Å². The van der Waals surface area contributed by atoms with Crippen LogP contribution in [0.4, 0.5) is 0 Å². The zero-order valence-electron chi connectivity index (χ0n) is 9.23. The molecule has 0 atom stereocenters. The number of methoxy groups -OCH3 is 1. The van der Waals surface area contributed by atoms with Crippen molar-refractivity contribution in [2.75, 3.05) is 13.7 Å². The van der Waals surface area contributed by atoms with E-state index in [0.29, 0.717) is 0 Å². The Morgan fingerprint density at radius 2 is 2.20 bits per heavy atom. The quantitative estimate of drug-likeness (QED) is 0.699. The van der Waals surface area contributed by atoms with Crippen molar-refractivity contribution in [1.29, 1.82) is 0 Å². The highest BCUT2D eigenvalue weighted by atomic mass is 16.5. The van der Waals surface area contributed by atoms with Crippen LogP contribution in [-0.4, -0.2) is 29.8 Å². The average Bonchev–Trinajstić information content (AvgIpc) is 2.67. The molecule has 0 aliphatic heterocycles. The number of carbonyl (C=O) groups is 1. The van der Waals surface area contributed by atoms with Crippen LogP contribution in [0.15, 0.2) is 4.52 Å². The Kier molecular flexibility index (Phi) is 3.41. The number of nitrogens with zero attached hydrogens (tertiary/aromatic N) is 2. The smallest absolute Gasteiger partial charge is 0.379 e. The summed E-state index contributed by atoms with van der Waals surface area (Å²) in [4.78, 5) is 15.1. The van der Waals surface area contributed by atoms with E-state index in [4.69, 9.17) is 14.0 Å². The van der Waals surface area contributed by atoms with E-state index in [1.54, 1.807) is 20.8 Å². The Hall–Kier alpha value is -1.43. The SMILES string of the molecule is CCOC(=O)c1noc(C(C)(C)OC)n1. The summed E-state index contributed by atoms with van der Waals surface area (Å²) < 4.78 is 14.8. The van der Waals surface area contributed by atoms with E-state index in [0.717, 1.165) is 0 Å². The first kappa shape index (κ1) is 11.6. The summed E-state index contributed by atoms with van der Waals surface area (Å²) in [5, 5.41) is 3.51. The van der Waals surface area contributed by atoms with Crippen molar-refractivity contribution in [2.24, 2.45) is 0 Å². The molecule has 0 N–H and O–H groups in total. The first-order valence-electron chi connectivity index (χ1n) is 4.57. The van der Waals surface area contributed by atoms with Gasteiger partial charge in [-0.1, -0.05) is 0 Å². The molecule has 0 saturated heterocycles. The summed E-state index contributed by atoms with van der Waals surface area (Å²) >= 11 is 0. The summed E-state index contributed by atoms with van der Waals surface area (Å²) in [7, 11) is 1.52. The summed E-state index contributed by atoms with van der Waals surface area (Å²) in [5.41, 5.74) is -0.711. The zero-order valence-corrected chi connectivity index (χ0v) is 9.23. The minimum Gasteiger partial charge on any atom is -0.460 e. The molecular formula is C9H14N2O4. The number of esters is 1. The predicted molar refractivity (Wildman–Crippen MR) is 50.3 cm³/mol. The number of rotatable bonds is 4. The van der Waals surface area contributed by atoms with E-state index in [1.807, 2.05) is 0 Å². The fraction of sp³-hybridized carbons (Fsp3) is 0.667. The van der Waals surface area contributed by atoms with Gasteiger partial charge in [-0.25, -0.2) is 4.79 Å². The second-order valence-electron chi connectivity index (χ2n) is 3.36. The molecule has 1 heterocycles. The predicted octanol–water partition coefficient (Wildman–Crippen LogP) is 1.13. The van der Waals surface area contributed by atoms with E-state index >= 15 is 0 Å². The number of hydrogen-bond acceptors (Lipinski definition) is 6. The summed E-state index contributed by atoms with van der Waals surface area (Å²) in [6, 6.07) is 0. The maximum Gasteiger partial charge on any atom is 0.379 e. The van der Waals surface area contributed by atoms with Crippen LogP contribution in [0.2, 0.25) is 0 Å². The molecule has 1 rings (SSSR count). The van der Waals surface area contributed by atoms with Gasteiger partial charge in [-0.3, -0.25) is 0 Å². The van der Waals surface area contributed by atoms with E-state index < -0.39 is 11.6 Å². The molecule has 0 aliphatic carbocycles. The fourth-order valence-corrected chi connectivity index (χ4v) is 0.834. The highest BCUT2D eigenvalue weighted by Gasteiger charge is 2.28. The molecule has 0 saturated carbocycles. The molecule has 0 aliphatic rings. The van der Waals surface area contributed by atoms with Crippen molar-refractivity contribution >= 4 is 5.97 Å². The Morgan fingerprint density at radius 1 is 1.53 bits per heavy atom. The molecule has 0 aromatic carbocycles. The van der Waals surface area contributed by atoms with Crippen molar-refractivity contribution in [3.05, 3.63) is 11.7 Å². The molecule has 0 amide bonds. The van der Waals surface area contributed by atoms with Crippen molar-refractivity contribution in [3.8, 4) is 0 Å². The number of carbonyl (C=O) groups excluding carboxylic acids is 1. The molecule has 6 heteroatoms. The first-order valence-corrected chi connectivity index (χ1v) is 4.57. The van der Waals surface area contributed by atoms with Gasteiger partial charge in [0.25, 0.3) is 11.7 Å². The molecule has 6 nitrogen and oxygen atoms in total. The summed E-state index contributed by atoms with van der Waals surface area (Å²) in [6.07, 6.45) is 0. The van der Waals surface area contributed by atoms with Gasteiger partial charge < -0.3 is 14.0 Å². The third kappa shape index (κ3) is 2.53. The lowest BCUT2D eigenvalue weighted by atomic mass is 10.1. The van der Waals surface area contributed by atoms with Gasteiger partial charge in [0, 0.05) is 7.11 Å². The van der Waals surface area contributed by atoms with Crippen LogP contribution in [0.5, 0.6) is 0 Å². The van der Waals surface area contributed by atoms with Crippen LogP contribution >= 0.6 is 0 Å². The van der Waals surface area contributed by atoms with Crippen LogP contribution in [0.25, 0.3) is 0 Å². The van der Waals surface area contributed by atoms with Gasteiger partial charge in [0.1, 0.15) is 5.60 Å². The maximum atomic E-state index is 11.2. The second-order valence-corrected chi connectivity index (χ2v) is 3.36. The average molecular weight is 214 g/mol. The Balaban J connectivity index is 2.85. The second kappa shape index (κ2) is 4.39. The van der Waals surface area contributed by atoms with Gasteiger partial charge in [0.05, 0.1) is 6.61 Å². The number of aromatic nitrogens is 2. The van der Waals surface area contributed by atoms with Gasteiger partial charge in [-0.2, -0.15) is 4.98 Å². The van der Waals surface area contributed by atoms with Crippen LogP contribution in [0, 0.1) is 0 Å². The standard InChI is InChI=1S/C9H14N2O4/c1-5-14-7(12)6-10-8(15-11-6)9(2,3)13-4/h5H2,1-4H3. The van der Waals surface area contributed by atoms with Crippen molar-refractivity contribution in [3.63, 3.8) is 0 Å². The maximum absolute atomic E-state index is 11.2. The first-order chi connectivity index (χ1) is 7.01. The van der Waals surface area contributed by atoms with Crippen molar-refractivity contribution in [2.45, 2.75) is 26.4 Å². The molecular weight excluding hydrogens is 200 g/mol. The topological polar surface area (TPSA) is 74.5 Å². The number of ether oxygens (including phenoxy) is 2. The van der Waals surface area contributed by atoms with Crippen LogP contribution < -0.4 is 0 Å². The van der Waals surface area contributed by atoms with Gasteiger partial charge in [-0.05, 0) is 25.9 Å². The van der Waals surface area contributed by atoms with Crippen molar-refractivity contribution in [1.82, 2.24) is 10.1 Å². The van der Waals surface area contributed by atoms with E-state index in [9.17, 15) is 4.79 Å². The lowest BCUT2D eigenvalue weighted by Crippen LogP contribution is -2.20. The minimum absolute atomic E-state index is 0.0861. The third-order valence-corrected chi connectivity index (χ3v) is 1.91. The van der Waals surface area contributed by atoms with Crippen LogP contribution in [-0.2, 0) is 15.1 Å². The van der Waals surface area contributed by atoms with E-state index in [1.165, 1.54) is 7.11 Å². The Morgan fingerprint density at radius 3 is 2.73 bits per heavy atom. The largest absolute Gasteiger partial charge is 0.460 e. The highest BCUT2D eigenvalue weighted by Crippen LogP contribution is 2.21. The Labute approximate surface area is 87.6 Å². The van der Waals surface area contributed by atoms with Crippen LogP contribution in [0.1, 0.15) is 37.3 Å². The Bertz CT molecular complexity index is 346. The van der Waals surface area contributed by atoms with Crippen molar-refractivity contribution < 1.29 is 18.8 Å². The normalized spacial score (nSPS) is 11.5. The zero-order chi connectivity index (χ0) is 11.5. The van der Waals surface area contributed by atoms with Gasteiger partial charge >= 0.3 is 5.97 Å². The lowest BCUT2D eigenvalue weighted by Gasteiger charge is -2.16. The monoisotopic (exact) mass is 214 g/mol. The van der Waals surface area contributed by atoms with Crippen LogP contribution in [0.3, 0.4) is 0 Å². The molecule has 84 valence electrons. The molecule has 0 unspecified atom stereocenters. The third-order valence-electron chi connectivity index (χ3n) is 1.91.